The van der Waals surface area contributed by atoms with Gasteiger partial charge in [-0.1, -0.05) is 35.9 Å². The Labute approximate surface area is 263 Å². The number of benzene rings is 2. The van der Waals surface area contributed by atoms with Crippen molar-refractivity contribution in [2.45, 2.75) is 51.2 Å². The van der Waals surface area contributed by atoms with E-state index in [1.807, 2.05) is 4.90 Å². The number of piperazine rings is 1. The van der Waals surface area contributed by atoms with E-state index in [0.717, 1.165) is 19.4 Å². The molecule has 2 aromatic heterocycles. The highest BCUT2D eigenvalue weighted by molar-refractivity contribution is 6.36. The highest BCUT2D eigenvalue weighted by atomic mass is 35.5. The number of nitrogens with zero attached hydrogens (tertiary/aromatic N) is 7. The maximum Gasteiger partial charge on any atom is 0.407 e. The molecule has 0 unspecified atom stereocenters. The number of amides is 1. The zero-order valence-corrected chi connectivity index (χ0v) is 25.6. The summed E-state index contributed by atoms with van der Waals surface area (Å²) in [4.78, 5) is 30.9. The Balaban J connectivity index is 1.46. The number of ether oxygens (including phenoxy) is 1. The summed E-state index contributed by atoms with van der Waals surface area (Å²) in [5, 5.41) is 20.2. The summed E-state index contributed by atoms with van der Waals surface area (Å²) in [5.41, 5.74) is 0.201. The van der Waals surface area contributed by atoms with Gasteiger partial charge in [0.05, 0.1) is 28.9 Å². The molecular formula is C32H32ClF2N7O3. The summed E-state index contributed by atoms with van der Waals surface area (Å²) in [5.74, 6) is -1.06. The minimum absolute atomic E-state index is 0.0168. The highest BCUT2D eigenvalue weighted by Gasteiger charge is 2.33. The molecule has 2 aliphatic rings. The van der Waals surface area contributed by atoms with Crippen LogP contribution in [-0.2, 0) is 0 Å². The molecule has 13 heteroatoms. The molecule has 0 saturated carbocycles. The fourth-order valence-corrected chi connectivity index (χ4v) is 6.76. The summed E-state index contributed by atoms with van der Waals surface area (Å²) in [6, 6.07) is 9.84. The first-order valence-corrected chi connectivity index (χ1v) is 15.3. The summed E-state index contributed by atoms with van der Waals surface area (Å²) in [6.07, 6.45) is 2.32. The monoisotopic (exact) mass is 635 g/mol. The number of carboxylic acid groups (broad SMARTS) is 1. The predicted octanol–water partition coefficient (Wildman–Crippen LogP) is 6.11. The lowest BCUT2D eigenvalue weighted by Gasteiger charge is -2.39. The van der Waals surface area contributed by atoms with Crippen LogP contribution in [0.4, 0.5) is 19.4 Å². The van der Waals surface area contributed by atoms with E-state index in [-0.39, 0.29) is 54.3 Å². The van der Waals surface area contributed by atoms with Crippen LogP contribution in [0.25, 0.3) is 32.9 Å². The largest absolute Gasteiger partial charge is 0.465 e. The molecular weight excluding hydrogens is 604 g/mol. The van der Waals surface area contributed by atoms with Gasteiger partial charge in [0.15, 0.2) is 5.82 Å². The third-order valence-electron chi connectivity index (χ3n) is 8.68. The van der Waals surface area contributed by atoms with Gasteiger partial charge >= 0.3 is 12.1 Å². The number of aromatic nitrogens is 3. The van der Waals surface area contributed by atoms with Crippen LogP contribution >= 0.6 is 11.6 Å². The molecule has 6 rings (SSSR count). The zero-order valence-electron chi connectivity index (χ0n) is 24.9. The number of hydrogen-bond donors (Lipinski definition) is 1. The number of likely N-dealkylation sites (tertiary alicyclic amines) is 1. The Hall–Kier alpha value is -4.34. The van der Waals surface area contributed by atoms with E-state index < -0.39 is 23.8 Å². The number of nitriles is 1. The standard InChI is InChI=1S/C32H32ClF2N7O3/c1-18(2)41-12-4-6-21(41)17-45-31-38-29-23(30(39-31)40-13-14-42(32(43)44)20(16-40)10-11-36)15-37-28(27(29)35)22-7-3-5-19-8-9-24(34)26(33)25(19)22/h3,5,7-9,15,18,20-21H,4,6,10,12-14,16-17H2,1-2H3,(H,43,44)/t20-,21-/m0/s1. The van der Waals surface area contributed by atoms with Gasteiger partial charge in [0.1, 0.15) is 29.5 Å². The average molecular weight is 636 g/mol. The lowest BCUT2D eigenvalue weighted by atomic mass is 10.0. The molecule has 4 aromatic rings. The smallest absolute Gasteiger partial charge is 0.407 e. The van der Waals surface area contributed by atoms with Crippen molar-refractivity contribution in [1.29, 1.82) is 5.26 Å². The van der Waals surface area contributed by atoms with Crippen molar-refractivity contribution in [2.75, 3.05) is 37.7 Å². The molecule has 45 heavy (non-hydrogen) atoms. The molecule has 0 spiro atoms. The van der Waals surface area contributed by atoms with E-state index in [2.05, 4.69) is 39.8 Å². The van der Waals surface area contributed by atoms with Gasteiger partial charge in [-0.25, -0.2) is 13.6 Å². The van der Waals surface area contributed by atoms with Crippen LogP contribution in [0.3, 0.4) is 0 Å². The highest BCUT2D eigenvalue weighted by Crippen LogP contribution is 2.38. The number of carbonyl (C=O) groups is 1. The predicted molar refractivity (Wildman–Crippen MR) is 167 cm³/mol. The normalized spacial score (nSPS) is 19.0. The molecule has 2 fully saturated rings. The van der Waals surface area contributed by atoms with Crippen molar-refractivity contribution in [3.05, 3.63) is 53.2 Å². The van der Waals surface area contributed by atoms with Gasteiger partial charge in [-0.05, 0) is 44.7 Å². The molecule has 0 radical (unpaired) electrons. The van der Waals surface area contributed by atoms with Crippen molar-refractivity contribution in [2.24, 2.45) is 0 Å². The Morgan fingerprint density at radius 2 is 2.00 bits per heavy atom. The number of halogens is 3. The van der Waals surface area contributed by atoms with E-state index in [1.165, 1.54) is 17.2 Å². The molecule has 1 N–H and O–H groups in total. The fraction of sp³-hybridized carbons (Fsp3) is 0.406. The van der Waals surface area contributed by atoms with Crippen LogP contribution in [0.1, 0.15) is 33.1 Å². The molecule has 4 heterocycles. The number of rotatable bonds is 7. The van der Waals surface area contributed by atoms with Crippen molar-refractivity contribution in [3.63, 3.8) is 0 Å². The fourth-order valence-electron chi connectivity index (χ4n) is 6.49. The molecule has 234 valence electrons. The van der Waals surface area contributed by atoms with Crippen molar-refractivity contribution < 1.29 is 23.4 Å². The molecule has 0 aliphatic carbocycles. The second-order valence-corrected chi connectivity index (χ2v) is 12.0. The first-order valence-electron chi connectivity index (χ1n) is 14.9. The molecule has 1 amide bonds. The van der Waals surface area contributed by atoms with Crippen LogP contribution in [0.15, 0.2) is 36.5 Å². The Kier molecular flexibility index (Phi) is 8.57. The van der Waals surface area contributed by atoms with Crippen LogP contribution in [0.5, 0.6) is 6.01 Å². The Morgan fingerprint density at radius 1 is 1.18 bits per heavy atom. The van der Waals surface area contributed by atoms with Gasteiger partial charge in [0.25, 0.3) is 0 Å². The summed E-state index contributed by atoms with van der Waals surface area (Å²) in [7, 11) is 0. The number of fused-ring (bicyclic) bond motifs is 2. The number of hydrogen-bond acceptors (Lipinski definition) is 8. The van der Waals surface area contributed by atoms with E-state index in [9.17, 15) is 19.6 Å². The maximum absolute atomic E-state index is 16.6. The zero-order chi connectivity index (χ0) is 31.8. The van der Waals surface area contributed by atoms with Gasteiger partial charge in [0, 0.05) is 48.9 Å². The van der Waals surface area contributed by atoms with Crippen molar-refractivity contribution >= 4 is 45.2 Å². The quantitative estimate of drug-likeness (QED) is 0.256. The topological polar surface area (TPSA) is 119 Å². The van der Waals surface area contributed by atoms with Crippen LogP contribution in [0.2, 0.25) is 5.02 Å². The van der Waals surface area contributed by atoms with Gasteiger partial charge < -0.3 is 19.6 Å². The van der Waals surface area contributed by atoms with Gasteiger partial charge in [0.2, 0.25) is 0 Å². The molecule has 2 saturated heterocycles. The first-order chi connectivity index (χ1) is 21.7. The van der Waals surface area contributed by atoms with E-state index in [1.54, 1.807) is 24.3 Å². The van der Waals surface area contributed by atoms with E-state index in [4.69, 9.17) is 16.3 Å². The van der Waals surface area contributed by atoms with Crippen LogP contribution < -0.4 is 9.64 Å². The van der Waals surface area contributed by atoms with E-state index in [0.29, 0.717) is 40.2 Å². The lowest BCUT2D eigenvalue weighted by Crippen LogP contribution is -2.55. The molecule has 10 nitrogen and oxygen atoms in total. The Morgan fingerprint density at radius 3 is 2.76 bits per heavy atom. The third-order valence-corrected chi connectivity index (χ3v) is 9.05. The minimum atomic E-state index is -1.11. The summed E-state index contributed by atoms with van der Waals surface area (Å²) < 4.78 is 37.3. The molecule has 2 aromatic carbocycles. The third kappa shape index (κ3) is 5.78. The van der Waals surface area contributed by atoms with Gasteiger partial charge in [-0.3, -0.25) is 9.88 Å². The van der Waals surface area contributed by atoms with Gasteiger partial charge in [-0.15, -0.1) is 0 Å². The Bertz CT molecular complexity index is 1820. The van der Waals surface area contributed by atoms with Gasteiger partial charge in [-0.2, -0.15) is 15.2 Å². The minimum Gasteiger partial charge on any atom is -0.465 e. The maximum atomic E-state index is 16.6. The van der Waals surface area contributed by atoms with Crippen LogP contribution in [0, 0.1) is 23.0 Å². The second-order valence-electron chi connectivity index (χ2n) is 11.7. The van der Waals surface area contributed by atoms with Crippen molar-refractivity contribution in [1.82, 2.24) is 24.8 Å². The van der Waals surface area contributed by atoms with Crippen molar-refractivity contribution in [3.8, 4) is 23.3 Å². The van der Waals surface area contributed by atoms with Crippen LogP contribution in [-0.4, -0.2) is 86.9 Å². The summed E-state index contributed by atoms with van der Waals surface area (Å²) >= 11 is 6.36. The van der Waals surface area contributed by atoms with E-state index >= 15 is 4.39 Å². The molecule has 2 atom stereocenters. The summed E-state index contributed by atoms with van der Waals surface area (Å²) in [6.45, 7) is 6.08. The number of pyridine rings is 1. The lowest BCUT2D eigenvalue weighted by molar-refractivity contribution is 0.119. The SMILES string of the molecule is CC(C)N1CCC[C@H]1COc1nc(N2CCN(C(=O)O)[C@@H](CC#N)C2)c2cnc(-c3cccc4ccc(F)c(Cl)c34)c(F)c2n1. The first kappa shape index (κ1) is 30.7. The molecule has 2 aliphatic heterocycles. The second kappa shape index (κ2) is 12.6. The number of anilines is 1. The average Bonchev–Trinajstić information content (AvgIpc) is 3.51. The molecule has 0 bridgehead atoms.